The number of fused-ring (bicyclic) bond motifs is 1. The molecule has 1 aliphatic heterocycles. The number of anilines is 1. The van der Waals surface area contributed by atoms with Crippen molar-refractivity contribution in [2.45, 2.75) is 13.8 Å². The van der Waals surface area contributed by atoms with Gasteiger partial charge in [0.2, 0.25) is 0 Å². The summed E-state index contributed by atoms with van der Waals surface area (Å²) >= 11 is 0. The van der Waals surface area contributed by atoms with Crippen LogP contribution in [0.3, 0.4) is 0 Å². The van der Waals surface area contributed by atoms with Crippen molar-refractivity contribution in [2.24, 2.45) is 0 Å². The summed E-state index contributed by atoms with van der Waals surface area (Å²) < 4.78 is 0. The third-order valence-corrected chi connectivity index (χ3v) is 4.52. The van der Waals surface area contributed by atoms with E-state index in [1.807, 2.05) is 19.1 Å². The van der Waals surface area contributed by atoms with Crippen molar-refractivity contribution in [3.63, 3.8) is 0 Å². The van der Waals surface area contributed by atoms with Gasteiger partial charge in [-0.05, 0) is 38.1 Å². The van der Waals surface area contributed by atoms with Crippen LogP contribution in [0.25, 0.3) is 10.9 Å². The number of nitrogens with zero attached hydrogens (tertiary/aromatic N) is 3. The maximum Gasteiger partial charge on any atom is 0.339 e. The number of aromatic carboxylic acids is 1. The van der Waals surface area contributed by atoms with E-state index >= 15 is 0 Å². The smallest absolute Gasteiger partial charge is 0.339 e. The predicted molar refractivity (Wildman–Crippen MR) is 87.9 cm³/mol. The number of likely N-dealkylation sites (N-methyl/N-ethyl adjacent to an activating group) is 1. The van der Waals surface area contributed by atoms with Gasteiger partial charge in [-0.3, -0.25) is 0 Å². The van der Waals surface area contributed by atoms with Crippen LogP contribution < -0.4 is 4.90 Å². The van der Waals surface area contributed by atoms with Crippen molar-refractivity contribution in [3.05, 3.63) is 34.9 Å². The Hall–Kier alpha value is -2.14. The maximum atomic E-state index is 11.6. The number of aromatic nitrogens is 1. The average molecular weight is 299 g/mol. The number of hydrogen-bond donors (Lipinski definition) is 1. The Morgan fingerprint density at radius 3 is 2.50 bits per heavy atom. The lowest BCUT2D eigenvalue weighted by atomic mass is 10.0. The van der Waals surface area contributed by atoms with E-state index in [1.54, 1.807) is 6.07 Å². The molecule has 5 heteroatoms. The van der Waals surface area contributed by atoms with Crippen molar-refractivity contribution in [1.29, 1.82) is 0 Å². The zero-order valence-electron chi connectivity index (χ0n) is 13.3. The molecule has 0 unspecified atom stereocenters. The van der Waals surface area contributed by atoms with E-state index in [-0.39, 0.29) is 0 Å². The summed E-state index contributed by atoms with van der Waals surface area (Å²) in [7, 11) is 2.08. The second-order valence-electron chi connectivity index (χ2n) is 6.03. The van der Waals surface area contributed by atoms with Gasteiger partial charge in [0.1, 0.15) is 11.4 Å². The predicted octanol–water partition coefficient (Wildman–Crippen LogP) is 2.30. The van der Waals surface area contributed by atoms with Gasteiger partial charge in [-0.25, -0.2) is 9.78 Å². The van der Waals surface area contributed by atoms with Crippen molar-refractivity contribution in [3.8, 4) is 0 Å². The second kappa shape index (κ2) is 5.57. The fourth-order valence-electron chi connectivity index (χ4n) is 2.89. The Kier molecular flexibility index (Phi) is 3.74. The van der Waals surface area contributed by atoms with Crippen LogP contribution in [0, 0.1) is 13.8 Å². The highest BCUT2D eigenvalue weighted by Gasteiger charge is 2.22. The van der Waals surface area contributed by atoms with Gasteiger partial charge < -0.3 is 14.9 Å². The van der Waals surface area contributed by atoms with Crippen LogP contribution in [-0.2, 0) is 0 Å². The Balaban J connectivity index is 2.16. The van der Waals surface area contributed by atoms with Gasteiger partial charge in [-0.15, -0.1) is 0 Å². The molecule has 5 nitrogen and oxygen atoms in total. The van der Waals surface area contributed by atoms with Gasteiger partial charge in [-0.2, -0.15) is 0 Å². The largest absolute Gasteiger partial charge is 0.478 e. The summed E-state index contributed by atoms with van der Waals surface area (Å²) in [5.74, 6) is -0.316. The van der Waals surface area contributed by atoms with Crippen LogP contribution in [0.1, 0.15) is 21.5 Å². The number of carbonyl (C=O) groups is 1. The summed E-state index contributed by atoms with van der Waals surface area (Å²) in [6.07, 6.45) is 0. The Morgan fingerprint density at radius 1 is 1.18 bits per heavy atom. The van der Waals surface area contributed by atoms with E-state index in [0.717, 1.165) is 42.6 Å². The third-order valence-electron chi connectivity index (χ3n) is 4.52. The van der Waals surface area contributed by atoms with Crippen molar-refractivity contribution in [1.82, 2.24) is 9.88 Å². The zero-order chi connectivity index (χ0) is 15.9. The molecule has 2 aromatic rings. The number of piperazine rings is 1. The number of pyridine rings is 1. The first-order valence-corrected chi connectivity index (χ1v) is 7.55. The quantitative estimate of drug-likeness (QED) is 0.922. The molecular formula is C17H21N3O2. The number of carboxylic acid groups (broad SMARTS) is 1. The first-order valence-electron chi connectivity index (χ1n) is 7.55. The number of rotatable bonds is 2. The summed E-state index contributed by atoms with van der Waals surface area (Å²) in [5, 5.41) is 10.4. The number of hydrogen-bond acceptors (Lipinski definition) is 4. The molecule has 0 atom stereocenters. The Labute approximate surface area is 130 Å². The van der Waals surface area contributed by atoms with Crippen LogP contribution in [-0.4, -0.2) is 54.2 Å². The van der Waals surface area contributed by atoms with Gasteiger partial charge in [0.15, 0.2) is 0 Å². The number of benzene rings is 1. The van der Waals surface area contributed by atoms with Gasteiger partial charge in [-0.1, -0.05) is 12.1 Å². The van der Waals surface area contributed by atoms with Gasteiger partial charge in [0.25, 0.3) is 0 Å². The van der Waals surface area contributed by atoms with Crippen LogP contribution in [0.4, 0.5) is 5.82 Å². The lowest BCUT2D eigenvalue weighted by molar-refractivity contribution is 0.0697. The summed E-state index contributed by atoms with van der Waals surface area (Å²) in [6.45, 7) is 7.55. The van der Waals surface area contributed by atoms with Crippen molar-refractivity contribution < 1.29 is 9.90 Å². The maximum absolute atomic E-state index is 11.6. The minimum absolute atomic E-state index is 0.292. The first-order chi connectivity index (χ1) is 10.5. The molecule has 0 aliphatic carbocycles. The molecule has 1 fully saturated rings. The molecule has 1 aromatic carbocycles. The molecule has 116 valence electrons. The van der Waals surface area contributed by atoms with Crippen LogP contribution >= 0.6 is 0 Å². The highest BCUT2D eigenvalue weighted by atomic mass is 16.4. The topological polar surface area (TPSA) is 56.7 Å². The van der Waals surface area contributed by atoms with Crippen LogP contribution in [0.15, 0.2) is 18.2 Å². The lowest BCUT2D eigenvalue weighted by Gasteiger charge is -2.34. The Morgan fingerprint density at radius 2 is 1.86 bits per heavy atom. The fourth-order valence-corrected chi connectivity index (χ4v) is 2.89. The molecule has 1 aliphatic rings. The summed E-state index contributed by atoms with van der Waals surface area (Å²) in [5.41, 5.74) is 3.48. The van der Waals surface area contributed by atoms with E-state index in [1.165, 1.54) is 5.56 Å². The molecule has 2 heterocycles. The average Bonchev–Trinajstić information content (AvgIpc) is 2.51. The highest BCUT2D eigenvalue weighted by molar-refractivity contribution is 5.99. The lowest BCUT2D eigenvalue weighted by Crippen LogP contribution is -2.45. The normalized spacial score (nSPS) is 16.2. The van der Waals surface area contributed by atoms with Gasteiger partial charge in [0, 0.05) is 31.6 Å². The highest BCUT2D eigenvalue weighted by Crippen LogP contribution is 2.27. The van der Waals surface area contributed by atoms with Gasteiger partial charge >= 0.3 is 5.97 Å². The summed E-state index contributed by atoms with van der Waals surface area (Å²) in [4.78, 5) is 20.7. The van der Waals surface area contributed by atoms with Crippen LogP contribution in [0.5, 0.6) is 0 Å². The summed E-state index contributed by atoms with van der Waals surface area (Å²) in [6, 6.07) is 5.72. The molecule has 22 heavy (non-hydrogen) atoms. The monoisotopic (exact) mass is 299 g/mol. The number of aryl methyl sites for hydroxylation is 2. The van der Waals surface area contributed by atoms with E-state index in [0.29, 0.717) is 11.4 Å². The van der Waals surface area contributed by atoms with Crippen LogP contribution in [0.2, 0.25) is 0 Å². The fraction of sp³-hybridized carbons (Fsp3) is 0.412. The molecular weight excluding hydrogens is 278 g/mol. The van der Waals surface area contributed by atoms with E-state index in [4.69, 9.17) is 4.98 Å². The molecule has 0 saturated carbocycles. The molecule has 0 radical (unpaired) electrons. The molecule has 0 bridgehead atoms. The third kappa shape index (κ3) is 2.52. The van der Waals surface area contributed by atoms with Crippen molar-refractivity contribution >= 4 is 22.7 Å². The van der Waals surface area contributed by atoms with E-state index in [2.05, 4.69) is 23.8 Å². The number of carboxylic acids is 1. The standard InChI is InChI=1S/C17H21N3O2/c1-11-4-5-13-10-14(17(21)22)16(18-15(13)12(11)2)20-8-6-19(3)7-9-20/h4-5,10H,6-9H2,1-3H3,(H,21,22). The zero-order valence-corrected chi connectivity index (χ0v) is 13.3. The molecule has 1 aromatic heterocycles. The second-order valence-corrected chi connectivity index (χ2v) is 6.03. The molecule has 1 saturated heterocycles. The molecule has 3 rings (SSSR count). The van der Waals surface area contributed by atoms with E-state index in [9.17, 15) is 9.90 Å². The van der Waals surface area contributed by atoms with Crippen molar-refractivity contribution in [2.75, 3.05) is 38.1 Å². The van der Waals surface area contributed by atoms with Gasteiger partial charge in [0.05, 0.1) is 5.52 Å². The molecule has 0 spiro atoms. The molecule has 1 N–H and O–H groups in total. The SMILES string of the molecule is Cc1ccc2cc(C(=O)O)c(N3CCN(C)CC3)nc2c1C. The molecule has 0 amide bonds. The first kappa shape index (κ1) is 14.8. The minimum Gasteiger partial charge on any atom is -0.478 e. The minimum atomic E-state index is -0.915. The van der Waals surface area contributed by atoms with E-state index < -0.39 is 5.97 Å². The Bertz CT molecular complexity index is 734.